The van der Waals surface area contributed by atoms with Gasteiger partial charge in [-0.1, -0.05) is 60.7 Å². The number of nitrogens with zero attached hydrogens (tertiary/aromatic N) is 2. The average Bonchev–Trinajstić information content (AvgIpc) is 2.82. The maximum atomic E-state index is 13.3. The Morgan fingerprint density at radius 3 is 2.47 bits per heavy atom. The van der Waals surface area contributed by atoms with Crippen molar-refractivity contribution < 1.29 is 19.2 Å². The zero-order valence-corrected chi connectivity index (χ0v) is 17.3. The van der Waals surface area contributed by atoms with Crippen molar-refractivity contribution in [3.63, 3.8) is 0 Å². The molecule has 0 N–H and O–H groups in total. The van der Waals surface area contributed by atoms with Crippen molar-refractivity contribution >= 4 is 23.4 Å². The van der Waals surface area contributed by atoms with Crippen molar-refractivity contribution in [3.8, 4) is 11.5 Å². The highest BCUT2D eigenvalue weighted by molar-refractivity contribution is 5.96. The topological polar surface area (TPSA) is 81.9 Å². The van der Waals surface area contributed by atoms with E-state index in [1.54, 1.807) is 41.3 Å². The van der Waals surface area contributed by atoms with Crippen molar-refractivity contribution in [1.29, 1.82) is 0 Å². The van der Waals surface area contributed by atoms with E-state index in [1.807, 2.05) is 42.5 Å². The Labute approximate surface area is 185 Å². The SMILES string of the molecule is O=C(Cc1ccccc1[N+](=O)[O-])N(C/C=C/c1ccccc1)c1ccc2c(c1)OCCO2. The summed E-state index contributed by atoms with van der Waals surface area (Å²) in [7, 11) is 0. The molecule has 3 aromatic rings. The van der Waals surface area contributed by atoms with E-state index in [0.717, 1.165) is 5.56 Å². The summed E-state index contributed by atoms with van der Waals surface area (Å²) in [5, 5.41) is 11.4. The molecule has 4 rings (SSSR count). The van der Waals surface area contributed by atoms with E-state index in [9.17, 15) is 14.9 Å². The number of carbonyl (C=O) groups is 1. The van der Waals surface area contributed by atoms with E-state index in [-0.39, 0.29) is 18.0 Å². The second kappa shape index (κ2) is 9.78. The van der Waals surface area contributed by atoms with E-state index < -0.39 is 4.92 Å². The summed E-state index contributed by atoms with van der Waals surface area (Å²) in [6, 6.07) is 21.4. The van der Waals surface area contributed by atoms with Crippen LogP contribution >= 0.6 is 0 Å². The Balaban J connectivity index is 1.62. The fourth-order valence-corrected chi connectivity index (χ4v) is 3.51. The van der Waals surface area contributed by atoms with Crippen LogP contribution in [0.1, 0.15) is 11.1 Å². The molecule has 0 saturated heterocycles. The van der Waals surface area contributed by atoms with Gasteiger partial charge in [0, 0.05) is 29.9 Å². The largest absolute Gasteiger partial charge is 0.486 e. The molecule has 0 fully saturated rings. The molecule has 0 atom stereocenters. The molecule has 162 valence electrons. The molecule has 0 bridgehead atoms. The van der Waals surface area contributed by atoms with Crippen molar-refractivity contribution in [2.24, 2.45) is 0 Å². The summed E-state index contributed by atoms with van der Waals surface area (Å²) in [4.78, 5) is 25.8. The highest BCUT2D eigenvalue weighted by atomic mass is 16.6. The Hall–Kier alpha value is -4.13. The van der Waals surface area contributed by atoms with Gasteiger partial charge in [0.2, 0.25) is 5.91 Å². The second-order valence-electron chi connectivity index (χ2n) is 7.21. The smallest absolute Gasteiger partial charge is 0.273 e. The zero-order chi connectivity index (χ0) is 22.3. The fraction of sp³-hybridized carbons (Fsp3) is 0.160. The van der Waals surface area contributed by atoms with Gasteiger partial charge in [0.05, 0.1) is 11.3 Å². The van der Waals surface area contributed by atoms with Crippen LogP contribution in [0.2, 0.25) is 0 Å². The summed E-state index contributed by atoms with van der Waals surface area (Å²) < 4.78 is 11.2. The van der Waals surface area contributed by atoms with Gasteiger partial charge in [-0.25, -0.2) is 0 Å². The second-order valence-corrected chi connectivity index (χ2v) is 7.21. The molecule has 0 unspecified atom stereocenters. The summed E-state index contributed by atoms with van der Waals surface area (Å²) in [6.07, 6.45) is 3.73. The zero-order valence-electron chi connectivity index (χ0n) is 17.3. The van der Waals surface area contributed by atoms with Gasteiger partial charge in [-0.2, -0.15) is 0 Å². The number of ether oxygens (including phenoxy) is 2. The molecule has 0 radical (unpaired) electrons. The number of carbonyl (C=O) groups excluding carboxylic acids is 1. The first-order chi connectivity index (χ1) is 15.6. The lowest BCUT2D eigenvalue weighted by atomic mass is 10.1. The summed E-state index contributed by atoms with van der Waals surface area (Å²) in [5.74, 6) is 0.948. The monoisotopic (exact) mass is 430 g/mol. The number of benzene rings is 3. The van der Waals surface area contributed by atoms with Gasteiger partial charge in [-0.3, -0.25) is 14.9 Å². The highest BCUT2D eigenvalue weighted by Gasteiger charge is 2.22. The van der Waals surface area contributed by atoms with Crippen molar-refractivity contribution in [2.45, 2.75) is 6.42 Å². The number of para-hydroxylation sites is 1. The number of amides is 1. The summed E-state index contributed by atoms with van der Waals surface area (Å²) in [6.45, 7) is 1.22. The lowest BCUT2D eigenvalue weighted by molar-refractivity contribution is -0.385. The Bertz CT molecular complexity index is 1140. The van der Waals surface area contributed by atoms with Crippen LogP contribution in [-0.4, -0.2) is 30.6 Å². The summed E-state index contributed by atoms with van der Waals surface area (Å²) in [5.41, 5.74) is 1.95. The first-order valence-corrected chi connectivity index (χ1v) is 10.3. The van der Waals surface area contributed by atoms with Crippen LogP contribution in [0.4, 0.5) is 11.4 Å². The lowest BCUT2D eigenvalue weighted by Gasteiger charge is -2.24. The molecular weight excluding hydrogens is 408 g/mol. The van der Waals surface area contributed by atoms with Crippen LogP contribution in [0.3, 0.4) is 0 Å². The van der Waals surface area contributed by atoms with Crippen molar-refractivity contribution in [2.75, 3.05) is 24.7 Å². The van der Waals surface area contributed by atoms with Crippen LogP contribution in [0.15, 0.2) is 78.9 Å². The molecule has 0 spiro atoms. The molecule has 3 aromatic carbocycles. The molecule has 1 heterocycles. The predicted octanol–water partition coefficient (Wildman–Crippen LogP) is 4.66. The van der Waals surface area contributed by atoms with Gasteiger partial charge in [-0.15, -0.1) is 0 Å². The van der Waals surface area contributed by atoms with Crippen LogP contribution in [-0.2, 0) is 11.2 Å². The molecule has 7 heteroatoms. The van der Waals surface area contributed by atoms with E-state index in [0.29, 0.717) is 42.5 Å². The molecule has 32 heavy (non-hydrogen) atoms. The normalized spacial score (nSPS) is 12.5. The number of rotatable bonds is 7. The molecule has 1 aliphatic rings. The number of hydrogen-bond donors (Lipinski definition) is 0. The maximum absolute atomic E-state index is 13.3. The van der Waals surface area contributed by atoms with E-state index in [1.165, 1.54) is 6.07 Å². The number of nitro benzene ring substituents is 1. The van der Waals surface area contributed by atoms with Crippen LogP contribution in [0.5, 0.6) is 11.5 Å². The average molecular weight is 430 g/mol. The van der Waals surface area contributed by atoms with Gasteiger partial charge < -0.3 is 14.4 Å². The van der Waals surface area contributed by atoms with Gasteiger partial charge >= 0.3 is 0 Å². The van der Waals surface area contributed by atoms with Crippen molar-refractivity contribution in [1.82, 2.24) is 0 Å². The van der Waals surface area contributed by atoms with E-state index in [2.05, 4.69) is 0 Å². The van der Waals surface area contributed by atoms with Gasteiger partial charge in [-0.05, 0) is 17.7 Å². The molecule has 0 aromatic heterocycles. The molecule has 1 amide bonds. The molecule has 7 nitrogen and oxygen atoms in total. The van der Waals surface area contributed by atoms with E-state index in [4.69, 9.17) is 9.47 Å². The minimum absolute atomic E-state index is 0.0669. The Kier molecular flexibility index (Phi) is 6.46. The number of nitro groups is 1. The van der Waals surface area contributed by atoms with Gasteiger partial charge in [0.25, 0.3) is 5.69 Å². The molecule has 0 aliphatic carbocycles. The predicted molar refractivity (Wildman–Crippen MR) is 122 cm³/mol. The fourth-order valence-electron chi connectivity index (χ4n) is 3.51. The molecular formula is C25H22N2O5. The third-order valence-corrected chi connectivity index (χ3v) is 5.07. The number of anilines is 1. The minimum atomic E-state index is -0.466. The first kappa shape index (κ1) is 21.1. The maximum Gasteiger partial charge on any atom is 0.273 e. The summed E-state index contributed by atoms with van der Waals surface area (Å²) >= 11 is 0. The number of fused-ring (bicyclic) bond motifs is 1. The molecule has 0 saturated carbocycles. The third kappa shape index (κ3) is 4.95. The van der Waals surface area contributed by atoms with Gasteiger partial charge in [0.15, 0.2) is 11.5 Å². The van der Waals surface area contributed by atoms with Crippen LogP contribution in [0, 0.1) is 10.1 Å². The standard InChI is InChI=1S/C25H22N2O5/c28-25(17-20-10-4-5-11-22(20)27(29)30)26(14-6-9-19-7-2-1-3-8-19)21-12-13-23-24(18-21)32-16-15-31-23/h1-13,18H,14-17H2/b9-6+. The van der Waals surface area contributed by atoms with Crippen molar-refractivity contribution in [3.05, 3.63) is 100 Å². The Morgan fingerprint density at radius 2 is 1.69 bits per heavy atom. The van der Waals surface area contributed by atoms with Crippen LogP contribution in [0.25, 0.3) is 6.08 Å². The van der Waals surface area contributed by atoms with E-state index >= 15 is 0 Å². The molecule has 1 aliphatic heterocycles. The lowest BCUT2D eigenvalue weighted by Crippen LogP contribution is -2.32. The Morgan fingerprint density at radius 1 is 0.969 bits per heavy atom. The quantitative estimate of drug-likeness (QED) is 0.402. The minimum Gasteiger partial charge on any atom is -0.486 e. The highest BCUT2D eigenvalue weighted by Crippen LogP contribution is 2.34. The first-order valence-electron chi connectivity index (χ1n) is 10.3. The van der Waals surface area contributed by atoms with Crippen LogP contribution < -0.4 is 14.4 Å². The third-order valence-electron chi connectivity index (χ3n) is 5.07. The number of hydrogen-bond acceptors (Lipinski definition) is 5. The van der Waals surface area contributed by atoms with Gasteiger partial charge in [0.1, 0.15) is 13.2 Å².